The fraction of sp³-hybridized carbons (Fsp3) is 0.476. The Morgan fingerprint density at radius 1 is 1.15 bits per heavy atom. The monoisotopic (exact) mass is 387 g/mol. The Morgan fingerprint density at radius 2 is 1.89 bits per heavy atom. The molecule has 1 aromatic carbocycles. The molecule has 0 radical (unpaired) electrons. The molecule has 1 fully saturated rings. The van der Waals surface area contributed by atoms with Crippen LogP contribution in [-0.4, -0.2) is 37.0 Å². The van der Waals surface area contributed by atoms with Gasteiger partial charge in [0, 0.05) is 50.1 Å². The number of benzene rings is 1. The summed E-state index contributed by atoms with van der Waals surface area (Å²) < 4.78 is 14.0. The van der Waals surface area contributed by atoms with Gasteiger partial charge in [0.2, 0.25) is 5.91 Å². The smallest absolute Gasteiger partial charge is 0.221 e. The number of rotatable bonds is 4. The van der Waals surface area contributed by atoms with Gasteiger partial charge in [0.05, 0.1) is 10.7 Å². The van der Waals surface area contributed by atoms with Gasteiger partial charge < -0.3 is 10.2 Å². The Hall–Kier alpha value is -1.92. The van der Waals surface area contributed by atoms with Crippen molar-refractivity contribution in [3.05, 3.63) is 46.1 Å². The van der Waals surface area contributed by atoms with Crippen molar-refractivity contribution in [2.75, 3.05) is 36.4 Å². The number of fused-ring (bicyclic) bond motifs is 1. The van der Waals surface area contributed by atoms with Crippen LogP contribution >= 0.6 is 11.3 Å². The molecule has 1 aromatic heterocycles. The van der Waals surface area contributed by atoms with Crippen molar-refractivity contribution in [1.29, 1.82) is 0 Å². The number of hydrogen-bond donors (Lipinski definition) is 1. The molecule has 0 atom stereocenters. The molecule has 1 aliphatic carbocycles. The molecule has 0 unspecified atom stereocenters. The number of anilines is 2. The molecule has 4 nitrogen and oxygen atoms in total. The third kappa shape index (κ3) is 4.01. The lowest BCUT2D eigenvalue weighted by Gasteiger charge is -2.36. The number of hydrogen-bond acceptors (Lipinski definition) is 4. The normalized spacial score (nSPS) is 17.6. The fourth-order valence-electron chi connectivity index (χ4n) is 4.14. The van der Waals surface area contributed by atoms with Gasteiger partial charge in [-0.3, -0.25) is 9.69 Å². The molecule has 1 amide bonds. The van der Waals surface area contributed by atoms with Crippen LogP contribution in [0.15, 0.2) is 24.3 Å². The summed E-state index contributed by atoms with van der Waals surface area (Å²) in [6, 6.07) is 7.01. The second kappa shape index (κ2) is 7.98. The molecule has 1 saturated heterocycles. The van der Waals surface area contributed by atoms with E-state index in [0.717, 1.165) is 50.6 Å². The Balaban J connectivity index is 1.47. The standard InChI is InChI=1S/C21H26FN3OS/c1-15(26)23-21-17(16-6-2-5-9-20(16)27-21)14-24-10-12-25(13-11-24)19-8-4-3-7-18(19)22/h3-4,7-8H,2,5-6,9-14H2,1H3,(H,23,26). The minimum Gasteiger partial charge on any atom is -0.367 e. The van der Waals surface area contributed by atoms with Crippen LogP contribution < -0.4 is 10.2 Å². The highest BCUT2D eigenvalue weighted by molar-refractivity contribution is 7.16. The van der Waals surface area contributed by atoms with Crippen LogP contribution in [0.25, 0.3) is 0 Å². The molecule has 2 heterocycles. The first kappa shape index (κ1) is 18.4. The van der Waals surface area contributed by atoms with E-state index in [1.165, 1.54) is 34.9 Å². The number of carbonyl (C=O) groups excluding carboxylic acids is 1. The number of nitrogens with one attached hydrogen (secondary N) is 1. The summed E-state index contributed by atoms with van der Waals surface area (Å²) in [4.78, 5) is 17.6. The predicted molar refractivity (Wildman–Crippen MR) is 109 cm³/mol. The quantitative estimate of drug-likeness (QED) is 0.860. The van der Waals surface area contributed by atoms with E-state index in [0.29, 0.717) is 5.69 Å². The van der Waals surface area contributed by atoms with E-state index < -0.39 is 0 Å². The third-order valence-electron chi connectivity index (χ3n) is 5.52. The molecule has 6 heteroatoms. The zero-order valence-electron chi connectivity index (χ0n) is 15.8. The molecule has 2 aromatic rings. The fourth-order valence-corrected chi connectivity index (χ4v) is 5.49. The second-order valence-corrected chi connectivity index (χ2v) is 8.52. The van der Waals surface area contributed by atoms with Crippen LogP contribution in [0.4, 0.5) is 15.1 Å². The molecule has 1 N–H and O–H groups in total. The van der Waals surface area contributed by atoms with Crippen LogP contribution in [-0.2, 0) is 24.2 Å². The Kier molecular flexibility index (Phi) is 5.45. The summed E-state index contributed by atoms with van der Waals surface area (Å²) in [7, 11) is 0. The third-order valence-corrected chi connectivity index (χ3v) is 6.77. The summed E-state index contributed by atoms with van der Waals surface area (Å²) in [6.07, 6.45) is 4.73. The first-order valence-corrected chi connectivity index (χ1v) is 10.6. The van der Waals surface area contributed by atoms with E-state index in [1.807, 2.05) is 12.1 Å². The minimum atomic E-state index is -0.147. The van der Waals surface area contributed by atoms with E-state index in [2.05, 4.69) is 15.1 Å². The van der Waals surface area contributed by atoms with Crippen LogP contribution in [0, 0.1) is 5.82 Å². The van der Waals surface area contributed by atoms with Gasteiger partial charge in [-0.1, -0.05) is 12.1 Å². The first-order chi connectivity index (χ1) is 13.1. The minimum absolute atomic E-state index is 0.000723. The molecule has 2 aliphatic rings. The van der Waals surface area contributed by atoms with Crippen LogP contribution in [0.2, 0.25) is 0 Å². The topological polar surface area (TPSA) is 35.6 Å². The maximum absolute atomic E-state index is 14.0. The molecule has 27 heavy (non-hydrogen) atoms. The van der Waals surface area contributed by atoms with Crippen molar-refractivity contribution >= 4 is 27.9 Å². The molecule has 144 valence electrons. The van der Waals surface area contributed by atoms with Gasteiger partial charge >= 0.3 is 0 Å². The number of carbonyl (C=O) groups is 1. The predicted octanol–water partition coefficient (Wildman–Crippen LogP) is 4.05. The number of aryl methyl sites for hydroxylation is 1. The summed E-state index contributed by atoms with van der Waals surface area (Å²) >= 11 is 1.76. The van der Waals surface area contributed by atoms with Gasteiger partial charge in [-0.2, -0.15) is 0 Å². The van der Waals surface area contributed by atoms with Gasteiger partial charge in [0.15, 0.2) is 0 Å². The van der Waals surface area contributed by atoms with Crippen molar-refractivity contribution in [1.82, 2.24) is 4.90 Å². The highest BCUT2D eigenvalue weighted by atomic mass is 32.1. The van der Waals surface area contributed by atoms with E-state index in [4.69, 9.17) is 0 Å². The maximum Gasteiger partial charge on any atom is 0.221 e. The molecular formula is C21H26FN3OS. The zero-order chi connectivity index (χ0) is 18.8. The lowest BCUT2D eigenvalue weighted by atomic mass is 9.95. The lowest BCUT2D eigenvalue weighted by Crippen LogP contribution is -2.46. The molecule has 4 rings (SSSR count). The zero-order valence-corrected chi connectivity index (χ0v) is 16.6. The van der Waals surface area contributed by atoms with Gasteiger partial charge in [-0.25, -0.2) is 4.39 Å². The molecular weight excluding hydrogens is 361 g/mol. The van der Waals surface area contributed by atoms with Crippen molar-refractivity contribution in [2.24, 2.45) is 0 Å². The first-order valence-electron chi connectivity index (χ1n) is 9.74. The Labute approximate surface area is 164 Å². The van der Waals surface area contributed by atoms with Gasteiger partial charge in [-0.15, -0.1) is 11.3 Å². The van der Waals surface area contributed by atoms with Crippen molar-refractivity contribution < 1.29 is 9.18 Å². The van der Waals surface area contributed by atoms with Crippen LogP contribution in [0.3, 0.4) is 0 Å². The summed E-state index contributed by atoms with van der Waals surface area (Å²) in [5, 5.41) is 4.09. The second-order valence-electron chi connectivity index (χ2n) is 7.41. The van der Waals surface area contributed by atoms with Crippen LogP contribution in [0.1, 0.15) is 35.8 Å². The molecule has 0 saturated carbocycles. The van der Waals surface area contributed by atoms with Crippen LogP contribution in [0.5, 0.6) is 0 Å². The Morgan fingerprint density at radius 3 is 2.63 bits per heavy atom. The highest BCUT2D eigenvalue weighted by Crippen LogP contribution is 2.39. The van der Waals surface area contributed by atoms with Crippen molar-refractivity contribution in [3.8, 4) is 0 Å². The summed E-state index contributed by atoms with van der Waals surface area (Å²) in [5.41, 5.74) is 3.47. The number of para-hydroxylation sites is 1. The maximum atomic E-state index is 14.0. The number of amides is 1. The van der Waals surface area contributed by atoms with E-state index in [9.17, 15) is 9.18 Å². The number of halogens is 1. The average molecular weight is 388 g/mol. The summed E-state index contributed by atoms with van der Waals surface area (Å²) in [5.74, 6) is -0.148. The van der Waals surface area contributed by atoms with Crippen molar-refractivity contribution in [3.63, 3.8) is 0 Å². The van der Waals surface area contributed by atoms with Gasteiger partial charge in [0.1, 0.15) is 5.82 Å². The highest BCUT2D eigenvalue weighted by Gasteiger charge is 2.25. The van der Waals surface area contributed by atoms with Gasteiger partial charge in [0.25, 0.3) is 0 Å². The van der Waals surface area contributed by atoms with Gasteiger partial charge in [-0.05, 0) is 43.4 Å². The van der Waals surface area contributed by atoms with E-state index in [-0.39, 0.29) is 11.7 Å². The largest absolute Gasteiger partial charge is 0.367 e. The molecule has 0 bridgehead atoms. The number of thiophene rings is 1. The summed E-state index contributed by atoms with van der Waals surface area (Å²) in [6.45, 7) is 5.89. The van der Waals surface area contributed by atoms with E-state index in [1.54, 1.807) is 24.3 Å². The SMILES string of the molecule is CC(=O)Nc1sc2c(c1CN1CCN(c3ccccc3F)CC1)CCCC2. The van der Waals surface area contributed by atoms with Crippen molar-refractivity contribution in [2.45, 2.75) is 39.2 Å². The number of piperazine rings is 1. The Bertz CT molecular complexity index is 827. The lowest BCUT2D eigenvalue weighted by molar-refractivity contribution is -0.114. The molecule has 0 spiro atoms. The van der Waals surface area contributed by atoms with E-state index >= 15 is 0 Å². The average Bonchev–Trinajstić information content (AvgIpc) is 2.99. The molecule has 1 aliphatic heterocycles. The number of nitrogens with zero attached hydrogens (tertiary/aromatic N) is 2.